The molecule has 1 aromatic heterocycles. The van der Waals surface area contributed by atoms with Crippen LogP contribution in [0.4, 0.5) is 17.1 Å². The predicted molar refractivity (Wildman–Crippen MR) is 104 cm³/mol. The summed E-state index contributed by atoms with van der Waals surface area (Å²) in [7, 11) is 1.63. The van der Waals surface area contributed by atoms with Gasteiger partial charge in [0.05, 0.1) is 24.6 Å². The van der Waals surface area contributed by atoms with Crippen molar-refractivity contribution in [3.63, 3.8) is 0 Å². The summed E-state index contributed by atoms with van der Waals surface area (Å²) in [6.45, 7) is 2.10. The minimum atomic E-state index is -0.194. The maximum Gasteiger partial charge on any atom is 0.257 e. The summed E-state index contributed by atoms with van der Waals surface area (Å²) >= 11 is 0. The van der Waals surface area contributed by atoms with Gasteiger partial charge in [0.2, 0.25) is 0 Å². The van der Waals surface area contributed by atoms with E-state index in [0.29, 0.717) is 5.56 Å². The highest BCUT2D eigenvalue weighted by atomic mass is 16.5. The third-order valence-electron chi connectivity index (χ3n) is 4.00. The van der Waals surface area contributed by atoms with E-state index in [1.54, 1.807) is 25.6 Å². The normalized spacial score (nSPS) is 10.2. The van der Waals surface area contributed by atoms with Crippen LogP contribution in [0.3, 0.4) is 0 Å². The molecule has 0 atom stereocenters. The zero-order valence-electron chi connectivity index (χ0n) is 14.8. The zero-order valence-corrected chi connectivity index (χ0v) is 14.8. The van der Waals surface area contributed by atoms with Gasteiger partial charge >= 0.3 is 0 Å². The molecule has 1 amide bonds. The first-order valence-electron chi connectivity index (χ1n) is 8.44. The summed E-state index contributed by atoms with van der Waals surface area (Å²) in [5.74, 6) is 0.594. The van der Waals surface area contributed by atoms with Crippen LogP contribution in [0.15, 0.2) is 67.0 Å². The Labute approximate surface area is 153 Å². The number of hydrogen-bond acceptors (Lipinski definition) is 4. The molecule has 0 spiro atoms. The van der Waals surface area contributed by atoms with Gasteiger partial charge in [-0.2, -0.15) is 0 Å². The Hall–Kier alpha value is -3.34. The van der Waals surface area contributed by atoms with Crippen molar-refractivity contribution in [1.82, 2.24) is 4.98 Å². The maximum absolute atomic E-state index is 12.5. The zero-order chi connectivity index (χ0) is 18.4. The lowest BCUT2D eigenvalue weighted by molar-refractivity contribution is 0.102. The van der Waals surface area contributed by atoms with E-state index in [1.165, 1.54) is 5.56 Å². The molecular formula is C21H21N3O2. The van der Waals surface area contributed by atoms with Crippen molar-refractivity contribution in [2.75, 3.05) is 17.7 Å². The first-order valence-corrected chi connectivity index (χ1v) is 8.44. The molecule has 26 heavy (non-hydrogen) atoms. The molecule has 5 heteroatoms. The van der Waals surface area contributed by atoms with E-state index in [4.69, 9.17) is 4.74 Å². The van der Waals surface area contributed by atoms with Crippen LogP contribution in [-0.2, 0) is 6.42 Å². The molecule has 132 valence electrons. The largest absolute Gasteiger partial charge is 0.497 e. The summed E-state index contributed by atoms with van der Waals surface area (Å²) in [6, 6.07) is 17.1. The van der Waals surface area contributed by atoms with Crippen LogP contribution >= 0.6 is 0 Å². The van der Waals surface area contributed by atoms with Gasteiger partial charge in [-0.1, -0.05) is 19.1 Å². The van der Waals surface area contributed by atoms with Crippen molar-refractivity contribution in [3.05, 3.63) is 78.1 Å². The first-order chi connectivity index (χ1) is 12.7. The third-order valence-corrected chi connectivity index (χ3v) is 4.00. The molecule has 3 rings (SSSR count). The number of methoxy groups -OCH3 is 1. The summed E-state index contributed by atoms with van der Waals surface area (Å²) in [5.41, 5.74) is 4.11. The van der Waals surface area contributed by atoms with E-state index in [2.05, 4.69) is 22.5 Å². The maximum atomic E-state index is 12.5. The second kappa shape index (κ2) is 8.16. The summed E-state index contributed by atoms with van der Waals surface area (Å²) in [4.78, 5) is 16.6. The van der Waals surface area contributed by atoms with Gasteiger partial charge < -0.3 is 15.4 Å². The molecular weight excluding hydrogens is 326 g/mol. The van der Waals surface area contributed by atoms with Crippen LogP contribution in [0.5, 0.6) is 5.75 Å². The van der Waals surface area contributed by atoms with E-state index < -0.39 is 0 Å². The van der Waals surface area contributed by atoms with Gasteiger partial charge in [-0.15, -0.1) is 0 Å². The molecule has 0 fully saturated rings. The second-order valence-electron chi connectivity index (χ2n) is 5.82. The van der Waals surface area contributed by atoms with Crippen LogP contribution in [0.25, 0.3) is 0 Å². The Kier molecular flexibility index (Phi) is 5.49. The van der Waals surface area contributed by atoms with Crippen LogP contribution < -0.4 is 15.4 Å². The third kappa shape index (κ3) is 4.39. The Morgan fingerprint density at radius 3 is 2.31 bits per heavy atom. The van der Waals surface area contributed by atoms with Crippen LogP contribution in [0, 0.1) is 0 Å². The number of rotatable bonds is 6. The lowest BCUT2D eigenvalue weighted by Crippen LogP contribution is -2.12. The fraction of sp³-hybridized carbons (Fsp3) is 0.143. The van der Waals surface area contributed by atoms with Crippen molar-refractivity contribution in [1.29, 1.82) is 0 Å². The molecule has 0 unspecified atom stereocenters. The molecule has 0 radical (unpaired) electrons. The summed E-state index contributed by atoms with van der Waals surface area (Å²) in [5, 5.41) is 6.12. The van der Waals surface area contributed by atoms with Gasteiger partial charge in [0, 0.05) is 17.6 Å². The number of aromatic nitrogens is 1. The average Bonchev–Trinajstić information content (AvgIpc) is 2.69. The molecule has 0 bridgehead atoms. The minimum Gasteiger partial charge on any atom is -0.497 e. The Morgan fingerprint density at radius 1 is 0.962 bits per heavy atom. The highest BCUT2D eigenvalue weighted by Gasteiger charge is 2.08. The summed E-state index contributed by atoms with van der Waals surface area (Å²) in [6.07, 6.45) is 4.20. The number of hydrogen-bond donors (Lipinski definition) is 2. The number of nitrogens with one attached hydrogen (secondary N) is 2. The van der Waals surface area contributed by atoms with Crippen molar-refractivity contribution < 1.29 is 9.53 Å². The minimum absolute atomic E-state index is 0.194. The van der Waals surface area contributed by atoms with Gasteiger partial charge in [0.15, 0.2) is 0 Å². The SMILES string of the molecule is CCc1ccc(NC(=O)c2cncc(Nc3ccc(OC)cc3)c2)cc1. The van der Waals surface area contributed by atoms with Gasteiger partial charge in [0.1, 0.15) is 5.75 Å². The van der Waals surface area contributed by atoms with Gasteiger partial charge in [-0.25, -0.2) is 0 Å². The molecule has 0 saturated heterocycles. The van der Waals surface area contributed by atoms with E-state index in [-0.39, 0.29) is 5.91 Å². The highest BCUT2D eigenvalue weighted by molar-refractivity contribution is 6.04. The topological polar surface area (TPSA) is 63.2 Å². The molecule has 2 N–H and O–H groups in total. The number of amides is 1. The Balaban J connectivity index is 1.69. The number of anilines is 3. The Bertz CT molecular complexity index is 875. The number of aryl methyl sites for hydroxylation is 1. The van der Waals surface area contributed by atoms with Crippen LogP contribution in [-0.4, -0.2) is 18.0 Å². The fourth-order valence-corrected chi connectivity index (χ4v) is 2.50. The lowest BCUT2D eigenvalue weighted by atomic mass is 10.1. The van der Waals surface area contributed by atoms with E-state index in [1.807, 2.05) is 48.5 Å². The van der Waals surface area contributed by atoms with Crippen molar-refractivity contribution in [2.45, 2.75) is 13.3 Å². The lowest BCUT2D eigenvalue weighted by Gasteiger charge is -2.09. The molecule has 3 aromatic rings. The van der Waals surface area contributed by atoms with Gasteiger partial charge in [-0.05, 0) is 54.4 Å². The van der Waals surface area contributed by atoms with Crippen LogP contribution in [0.1, 0.15) is 22.8 Å². The monoisotopic (exact) mass is 347 g/mol. The molecule has 5 nitrogen and oxygen atoms in total. The van der Waals surface area contributed by atoms with Gasteiger partial charge in [0.25, 0.3) is 5.91 Å². The Morgan fingerprint density at radius 2 is 1.65 bits per heavy atom. The molecule has 2 aromatic carbocycles. The average molecular weight is 347 g/mol. The quantitative estimate of drug-likeness (QED) is 0.681. The molecule has 0 saturated carbocycles. The standard InChI is InChI=1S/C21H21N3O2/c1-3-15-4-6-18(7-5-15)24-21(25)16-12-19(14-22-13-16)23-17-8-10-20(26-2)11-9-17/h4-14,23H,3H2,1-2H3,(H,24,25). The van der Waals surface area contributed by atoms with Gasteiger partial charge in [-0.3, -0.25) is 9.78 Å². The number of carbonyl (C=O) groups is 1. The van der Waals surface area contributed by atoms with E-state index >= 15 is 0 Å². The van der Waals surface area contributed by atoms with E-state index in [0.717, 1.165) is 29.2 Å². The predicted octanol–water partition coefficient (Wildman–Crippen LogP) is 4.65. The number of pyridine rings is 1. The van der Waals surface area contributed by atoms with Crippen molar-refractivity contribution in [3.8, 4) is 5.75 Å². The highest BCUT2D eigenvalue weighted by Crippen LogP contribution is 2.20. The second-order valence-corrected chi connectivity index (χ2v) is 5.82. The summed E-state index contributed by atoms with van der Waals surface area (Å²) < 4.78 is 5.15. The smallest absolute Gasteiger partial charge is 0.257 e. The van der Waals surface area contributed by atoms with Crippen molar-refractivity contribution >= 4 is 23.0 Å². The fourth-order valence-electron chi connectivity index (χ4n) is 2.50. The first kappa shape index (κ1) is 17.5. The molecule has 1 heterocycles. The molecule has 0 aliphatic carbocycles. The van der Waals surface area contributed by atoms with E-state index in [9.17, 15) is 4.79 Å². The van der Waals surface area contributed by atoms with Crippen LogP contribution in [0.2, 0.25) is 0 Å². The van der Waals surface area contributed by atoms with Crippen molar-refractivity contribution in [2.24, 2.45) is 0 Å². The number of benzene rings is 2. The molecule has 0 aliphatic heterocycles. The molecule has 0 aliphatic rings. The number of nitrogens with zero attached hydrogens (tertiary/aromatic N) is 1. The number of carbonyl (C=O) groups excluding carboxylic acids is 1. The number of ether oxygens (including phenoxy) is 1.